The van der Waals surface area contributed by atoms with E-state index in [1.807, 2.05) is 27.7 Å². The van der Waals surface area contributed by atoms with Crippen molar-refractivity contribution >= 4 is 28.8 Å². The zero-order valence-electron chi connectivity index (χ0n) is 14.5. The topological polar surface area (TPSA) is 78.9 Å². The highest BCUT2D eigenvalue weighted by Crippen LogP contribution is 2.37. The second-order valence-electron chi connectivity index (χ2n) is 6.71. The van der Waals surface area contributed by atoms with Crippen LogP contribution in [0.1, 0.15) is 43.6 Å². The molecule has 24 heavy (non-hydrogen) atoms. The zero-order valence-corrected chi connectivity index (χ0v) is 15.3. The summed E-state index contributed by atoms with van der Waals surface area (Å²) in [4.78, 5) is 11.3. The average molecular weight is 358 g/mol. The summed E-state index contributed by atoms with van der Waals surface area (Å²) in [5, 5.41) is 0. The second-order valence-corrected chi connectivity index (χ2v) is 8.02. The number of methoxy groups -OCH3 is 1. The molecule has 1 aliphatic rings. The molecular weight excluding hydrogens is 338 g/mol. The van der Waals surface area contributed by atoms with E-state index in [1.165, 1.54) is 13.0 Å². The van der Waals surface area contributed by atoms with Gasteiger partial charge in [0.15, 0.2) is 0 Å². The quantitative estimate of drug-likeness (QED) is 0.465. The van der Waals surface area contributed by atoms with Crippen molar-refractivity contribution in [3.05, 3.63) is 23.3 Å². The predicted molar refractivity (Wildman–Crippen MR) is 86.5 cm³/mol. The van der Waals surface area contributed by atoms with E-state index in [1.54, 1.807) is 0 Å². The molecule has 0 spiro atoms. The molecule has 0 saturated carbocycles. The maximum absolute atomic E-state index is 13.6. The molecule has 0 atom stereocenters. The van der Waals surface area contributed by atoms with Crippen LogP contribution in [-0.2, 0) is 24.3 Å². The number of carbonyl (C=O) groups excluding carboxylic acids is 1. The summed E-state index contributed by atoms with van der Waals surface area (Å²) in [6.07, 6.45) is 0. The molecule has 1 aromatic carbocycles. The van der Waals surface area contributed by atoms with Gasteiger partial charge in [0.1, 0.15) is 4.90 Å². The second kappa shape index (κ2) is 5.82. The van der Waals surface area contributed by atoms with E-state index in [0.29, 0.717) is 0 Å². The summed E-state index contributed by atoms with van der Waals surface area (Å²) in [6.45, 7) is 8.65. The van der Waals surface area contributed by atoms with Crippen molar-refractivity contribution < 1.29 is 31.1 Å². The van der Waals surface area contributed by atoms with Crippen molar-refractivity contribution in [2.45, 2.75) is 50.7 Å². The first-order valence-electron chi connectivity index (χ1n) is 7.33. The number of esters is 1. The Morgan fingerprint density at radius 2 is 1.67 bits per heavy atom. The molecule has 6 nitrogen and oxygen atoms in total. The number of benzene rings is 1. The van der Waals surface area contributed by atoms with Gasteiger partial charge >= 0.3 is 23.3 Å². The minimum absolute atomic E-state index is 0.0235. The molecule has 0 radical (unpaired) electrons. The summed E-state index contributed by atoms with van der Waals surface area (Å²) >= 11 is 0. The molecule has 1 heterocycles. The van der Waals surface area contributed by atoms with Crippen molar-refractivity contribution in [1.82, 2.24) is 0 Å². The van der Waals surface area contributed by atoms with Crippen LogP contribution in [0, 0.1) is 6.92 Å². The van der Waals surface area contributed by atoms with E-state index in [-0.39, 0.29) is 16.6 Å². The number of hydrogen-bond acceptors (Lipinski definition) is 6. The zero-order chi connectivity index (χ0) is 18.5. The third-order valence-corrected chi connectivity index (χ3v) is 5.53. The SMILES string of the molecule is COC(=O)c1cc(B2OC(C)(C)C(C)(C)O2)cc(S(=O)(=O)F)c1C. The summed E-state index contributed by atoms with van der Waals surface area (Å²) in [5.74, 6) is -0.768. The van der Waals surface area contributed by atoms with Crippen LogP contribution in [-0.4, -0.2) is 39.8 Å². The molecule has 1 fully saturated rings. The maximum Gasteiger partial charge on any atom is 0.494 e. The Balaban J connectivity index is 2.62. The van der Waals surface area contributed by atoms with Crippen LogP contribution in [0.4, 0.5) is 3.89 Å². The van der Waals surface area contributed by atoms with E-state index in [0.717, 1.165) is 13.2 Å². The lowest BCUT2D eigenvalue weighted by atomic mass is 9.77. The van der Waals surface area contributed by atoms with Gasteiger partial charge in [-0.1, -0.05) is 0 Å². The summed E-state index contributed by atoms with van der Waals surface area (Å²) in [6, 6.07) is 2.53. The van der Waals surface area contributed by atoms with Crippen molar-refractivity contribution in [2.75, 3.05) is 7.11 Å². The summed E-state index contributed by atoms with van der Waals surface area (Å²) in [7, 11) is -4.80. The van der Waals surface area contributed by atoms with E-state index in [2.05, 4.69) is 4.74 Å². The standard InChI is InChI=1S/C15H20BFO6S/c1-9-11(13(18)21-6)7-10(8-12(9)24(17,19)20)16-22-14(2,3)15(4,5)23-16/h7-8H,1-6H3. The lowest BCUT2D eigenvalue weighted by molar-refractivity contribution is 0.00578. The van der Waals surface area contributed by atoms with E-state index in [9.17, 15) is 17.1 Å². The molecule has 1 saturated heterocycles. The van der Waals surface area contributed by atoms with Gasteiger partial charge in [0, 0.05) is 0 Å². The first-order valence-corrected chi connectivity index (χ1v) is 8.71. The Labute approximate surface area is 141 Å². The van der Waals surface area contributed by atoms with Crippen LogP contribution < -0.4 is 5.46 Å². The molecule has 0 bridgehead atoms. The number of rotatable bonds is 3. The van der Waals surface area contributed by atoms with Gasteiger partial charge in [-0.2, -0.15) is 8.42 Å². The largest absolute Gasteiger partial charge is 0.494 e. The van der Waals surface area contributed by atoms with Gasteiger partial charge in [-0.05, 0) is 57.8 Å². The Morgan fingerprint density at radius 3 is 2.08 bits per heavy atom. The fraction of sp³-hybridized carbons (Fsp3) is 0.533. The van der Waals surface area contributed by atoms with Gasteiger partial charge < -0.3 is 14.0 Å². The van der Waals surface area contributed by atoms with Gasteiger partial charge in [0.25, 0.3) is 0 Å². The van der Waals surface area contributed by atoms with Gasteiger partial charge in [0.05, 0.1) is 23.9 Å². The molecule has 9 heteroatoms. The maximum atomic E-state index is 13.6. The molecule has 132 valence electrons. The smallest absolute Gasteiger partial charge is 0.465 e. The van der Waals surface area contributed by atoms with Crippen molar-refractivity contribution in [1.29, 1.82) is 0 Å². The summed E-state index contributed by atoms with van der Waals surface area (Å²) in [5.41, 5.74) is -1.17. The lowest BCUT2D eigenvalue weighted by Crippen LogP contribution is -2.41. The minimum atomic E-state index is -5.03. The van der Waals surface area contributed by atoms with Gasteiger partial charge in [-0.25, -0.2) is 4.79 Å². The van der Waals surface area contributed by atoms with Crippen LogP contribution in [0.3, 0.4) is 0 Å². The van der Waals surface area contributed by atoms with Crippen molar-refractivity contribution in [3.63, 3.8) is 0 Å². The Morgan fingerprint density at radius 1 is 1.17 bits per heavy atom. The Kier molecular flexibility index (Phi) is 4.58. The number of hydrogen-bond donors (Lipinski definition) is 0. The molecule has 0 amide bonds. The van der Waals surface area contributed by atoms with Crippen LogP contribution in [0.2, 0.25) is 0 Å². The Hall–Kier alpha value is -1.45. The third-order valence-electron chi connectivity index (χ3n) is 4.58. The minimum Gasteiger partial charge on any atom is -0.465 e. The highest BCUT2D eigenvalue weighted by Gasteiger charge is 2.52. The molecule has 0 aromatic heterocycles. The highest BCUT2D eigenvalue weighted by molar-refractivity contribution is 7.86. The monoisotopic (exact) mass is 358 g/mol. The van der Waals surface area contributed by atoms with Gasteiger partial charge in [0.2, 0.25) is 0 Å². The van der Waals surface area contributed by atoms with Crippen LogP contribution >= 0.6 is 0 Å². The lowest BCUT2D eigenvalue weighted by Gasteiger charge is -2.32. The van der Waals surface area contributed by atoms with E-state index in [4.69, 9.17) is 9.31 Å². The first kappa shape index (κ1) is 18.9. The van der Waals surface area contributed by atoms with Gasteiger partial charge in [-0.3, -0.25) is 0 Å². The van der Waals surface area contributed by atoms with Crippen LogP contribution in [0.5, 0.6) is 0 Å². The van der Waals surface area contributed by atoms with Crippen molar-refractivity contribution in [3.8, 4) is 0 Å². The van der Waals surface area contributed by atoms with Gasteiger partial charge in [-0.15, -0.1) is 3.89 Å². The number of halogens is 1. The fourth-order valence-corrected chi connectivity index (χ4v) is 3.15. The van der Waals surface area contributed by atoms with E-state index >= 15 is 0 Å². The highest BCUT2D eigenvalue weighted by atomic mass is 32.3. The number of carbonyl (C=O) groups is 1. The Bertz CT molecular complexity index is 771. The predicted octanol–water partition coefficient (Wildman–Crippen LogP) is 1.74. The van der Waals surface area contributed by atoms with Crippen LogP contribution in [0.15, 0.2) is 17.0 Å². The molecule has 0 aliphatic carbocycles. The molecule has 0 N–H and O–H groups in total. The van der Waals surface area contributed by atoms with Crippen molar-refractivity contribution in [2.24, 2.45) is 0 Å². The molecule has 1 aromatic rings. The molecule has 1 aliphatic heterocycles. The first-order chi connectivity index (χ1) is 10.8. The van der Waals surface area contributed by atoms with E-state index < -0.39 is 39.4 Å². The number of ether oxygens (including phenoxy) is 1. The fourth-order valence-electron chi connectivity index (χ4n) is 2.40. The molecule has 2 rings (SSSR count). The average Bonchev–Trinajstić information content (AvgIpc) is 2.65. The normalized spacial score (nSPS) is 19.4. The molecule has 0 unspecified atom stereocenters. The third kappa shape index (κ3) is 3.20. The summed E-state index contributed by atoms with van der Waals surface area (Å²) < 4.78 is 52.8. The molecular formula is C15H20BFO6S. The van der Waals surface area contributed by atoms with Crippen LogP contribution in [0.25, 0.3) is 0 Å².